The summed E-state index contributed by atoms with van der Waals surface area (Å²) in [6.07, 6.45) is -3.64. The second-order valence-electron chi connectivity index (χ2n) is 4.70. The zero-order valence-corrected chi connectivity index (χ0v) is 11.6. The lowest BCUT2D eigenvalue weighted by Crippen LogP contribution is -2.61. The van der Waals surface area contributed by atoms with E-state index in [-0.39, 0.29) is 0 Å². The Kier molecular flexibility index (Phi) is 4.08. The quantitative estimate of drug-likeness (QED) is 0.707. The number of hydrogen-bond donors (Lipinski definition) is 3. The van der Waals surface area contributed by atoms with Gasteiger partial charge >= 0.3 is 0 Å². The Morgan fingerprint density at radius 3 is 2.39 bits per heavy atom. The first kappa shape index (κ1) is 14.0. The van der Waals surface area contributed by atoms with Crippen LogP contribution in [0.25, 0.3) is 0 Å². The van der Waals surface area contributed by atoms with Crippen LogP contribution in [0.5, 0.6) is 0 Å². The molecule has 1 aromatic rings. The average molecular weight is 317 g/mol. The molecule has 100 valence electrons. The van der Waals surface area contributed by atoms with Crippen LogP contribution < -0.4 is 0 Å². The highest BCUT2D eigenvalue weighted by molar-refractivity contribution is 9.10. The fraction of sp³-hybridized carbons (Fsp3) is 0.538. The smallest absolute Gasteiger partial charge is 0.155 e. The summed E-state index contributed by atoms with van der Waals surface area (Å²) in [6.45, 7) is 1.67. The summed E-state index contributed by atoms with van der Waals surface area (Å²) in [4.78, 5) is 0. The molecule has 3 N–H and O–H groups in total. The van der Waals surface area contributed by atoms with Crippen LogP contribution in [0.1, 0.15) is 12.5 Å². The van der Waals surface area contributed by atoms with Crippen LogP contribution in [0.3, 0.4) is 0 Å². The summed E-state index contributed by atoms with van der Waals surface area (Å²) >= 11 is 3.36. The molecule has 0 spiro atoms. The van der Waals surface area contributed by atoms with Gasteiger partial charge in [0.05, 0.1) is 6.10 Å². The third-order valence-electron chi connectivity index (χ3n) is 3.27. The first-order valence-corrected chi connectivity index (χ1v) is 6.68. The highest BCUT2D eigenvalue weighted by atomic mass is 79.9. The summed E-state index contributed by atoms with van der Waals surface area (Å²) in [6, 6.07) is 9.54. The molecule has 5 heteroatoms. The molecular formula is C13H17BrO4. The predicted molar refractivity (Wildman–Crippen MR) is 70.4 cm³/mol. The van der Waals surface area contributed by atoms with Crippen LogP contribution in [0.15, 0.2) is 30.3 Å². The summed E-state index contributed by atoms with van der Waals surface area (Å²) in [5.74, 6) is 0. The van der Waals surface area contributed by atoms with Crippen LogP contribution in [-0.4, -0.2) is 44.2 Å². The molecule has 0 aliphatic carbocycles. The molecule has 1 fully saturated rings. The fourth-order valence-electron chi connectivity index (χ4n) is 2.19. The van der Waals surface area contributed by atoms with Gasteiger partial charge in [0.25, 0.3) is 0 Å². The van der Waals surface area contributed by atoms with E-state index in [1.54, 1.807) is 6.92 Å². The molecule has 4 nitrogen and oxygen atoms in total. The van der Waals surface area contributed by atoms with Crippen molar-refractivity contribution in [3.63, 3.8) is 0 Å². The van der Waals surface area contributed by atoms with Crippen molar-refractivity contribution in [2.75, 3.05) is 0 Å². The Labute approximate surface area is 114 Å². The van der Waals surface area contributed by atoms with Crippen molar-refractivity contribution in [1.29, 1.82) is 0 Å². The molecule has 0 aromatic heterocycles. The first-order valence-electron chi connectivity index (χ1n) is 5.89. The lowest BCUT2D eigenvalue weighted by atomic mass is 9.92. The van der Waals surface area contributed by atoms with E-state index in [0.29, 0.717) is 6.42 Å². The summed E-state index contributed by atoms with van der Waals surface area (Å²) < 4.78 is 4.55. The van der Waals surface area contributed by atoms with Crippen molar-refractivity contribution in [2.24, 2.45) is 0 Å². The van der Waals surface area contributed by atoms with Gasteiger partial charge in [-0.15, -0.1) is 0 Å². The Bertz CT molecular complexity index is 399. The zero-order chi connectivity index (χ0) is 13.3. The maximum absolute atomic E-state index is 10.1. The van der Waals surface area contributed by atoms with Crippen molar-refractivity contribution in [3.05, 3.63) is 35.9 Å². The summed E-state index contributed by atoms with van der Waals surface area (Å²) in [5, 5.41) is 29.5. The van der Waals surface area contributed by atoms with E-state index in [2.05, 4.69) is 15.9 Å². The van der Waals surface area contributed by atoms with E-state index in [1.807, 2.05) is 30.3 Å². The minimum Gasteiger partial charge on any atom is -0.388 e. The molecule has 2 rings (SSSR count). The molecule has 0 bridgehead atoms. The minimum absolute atomic E-state index is 0.406. The Morgan fingerprint density at radius 2 is 1.78 bits per heavy atom. The van der Waals surface area contributed by atoms with Crippen LogP contribution in [0.4, 0.5) is 0 Å². The van der Waals surface area contributed by atoms with Crippen molar-refractivity contribution in [2.45, 2.75) is 42.3 Å². The Morgan fingerprint density at radius 1 is 1.17 bits per heavy atom. The number of aliphatic hydroxyl groups is 3. The summed E-state index contributed by atoms with van der Waals surface area (Å²) in [7, 11) is 0. The molecule has 5 atom stereocenters. The zero-order valence-electron chi connectivity index (χ0n) is 10.0. The molecule has 1 heterocycles. The molecule has 0 saturated carbocycles. The van der Waals surface area contributed by atoms with E-state index in [0.717, 1.165) is 5.56 Å². The van der Waals surface area contributed by atoms with E-state index < -0.39 is 28.9 Å². The number of benzene rings is 1. The standard InChI is InChI=1S/C13H17BrO4/c1-8-10(15)11(16)12(17)13(14,18-8)7-9-5-3-2-4-6-9/h2-6,8,10-12,15-17H,7H2,1H3/t8-,10+,11+,12-,13-/m0/s1. The number of aliphatic hydroxyl groups excluding tert-OH is 3. The van der Waals surface area contributed by atoms with Gasteiger partial charge < -0.3 is 20.1 Å². The van der Waals surface area contributed by atoms with Gasteiger partial charge in [-0.3, -0.25) is 0 Å². The van der Waals surface area contributed by atoms with E-state index in [4.69, 9.17) is 4.74 Å². The van der Waals surface area contributed by atoms with Gasteiger partial charge in [-0.1, -0.05) is 46.3 Å². The maximum Gasteiger partial charge on any atom is 0.155 e. The van der Waals surface area contributed by atoms with Crippen molar-refractivity contribution in [1.82, 2.24) is 0 Å². The number of hydrogen-bond acceptors (Lipinski definition) is 4. The lowest BCUT2D eigenvalue weighted by Gasteiger charge is -2.45. The van der Waals surface area contributed by atoms with Gasteiger partial charge in [0.15, 0.2) is 4.51 Å². The van der Waals surface area contributed by atoms with Gasteiger partial charge in [-0.05, 0) is 12.5 Å². The van der Waals surface area contributed by atoms with Gasteiger partial charge in [0, 0.05) is 6.42 Å². The molecule has 1 aliphatic rings. The highest BCUT2D eigenvalue weighted by Gasteiger charge is 2.50. The second kappa shape index (κ2) is 5.27. The normalized spacial score (nSPS) is 40.7. The van der Waals surface area contributed by atoms with Gasteiger partial charge in [0.2, 0.25) is 0 Å². The largest absolute Gasteiger partial charge is 0.388 e. The van der Waals surface area contributed by atoms with Gasteiger partial charge in [-0.25, -0.2) is 0 Å². The molecule has 0 unspecified atom stereocenters. The maximum atomic E-state index is 10.1. The Hall–Kier alpha value is -0.460. The third-order valence-corrected chi connectivity index (χ3v) is 4.20. The topological polar surface area (TPSA) is 69.9 Å². The second-order valence-corrected chi connectivity index (χ2v) is 6.04. The molecule has 1 aromatic carbocycles. The summed E-state index contributed by atoms with van der Waals surface area (Å²) in [5.41, 5.74) is 0.976. The van der Waals surface area contributed by atoms with Crippen LogP contribution in [0, 0.1) is 0 Å². The Balaban J connectivity index is 2.19. The van der Waals surface area contributed by atoms with E-state index in [9.17, 15) is 15.3 Å². The predicted octanol–water partition coefficient (Wildman–Crippen LogP) is 0.822. The molecule has 0 radical (unpaired) electrons. The first-order chi connectivity index (χ1) is 8.44. The van der Waals surface area contributed by atoms with E-state index in [1.165, 1.54) is 0 Å². The fourth-order valence-corrected chi connectivity index (χ4v) is 3.08. The SMILES string of the molecule is C[C@@H]1O[C@@](Br)(Cc2ccccc2)[C@@H](O)[C@H](O)[C@@H]1O. The van der Waals surface area contributed by atoms with E-state index >= 15 is 0 Å². The van der Waals surface area contributed by atoms with Gasteiger partial charge in [-0.2, -0.15) is 0 Å². The number of halogens is 1. The molecule has 1 aliphatic heterocycles. The molecular weight excluding hydrogens is 300 g/mol. The number of ether oxygens (including phenoxy) is 1. The van der Waals surface area contributed by atoms with Crippen molar-refractivity contribution >= 4 is 15.9 Å². The molecule has 1 saturated heterocycles. The van der Waals surface area contributed by atoms with Crippen LogP contribution in [-0.2, 0) is 11.2 Å². The minimum atomic E-state index is -1.23. The molecule has 18 heavy (non-hydrogen) atoms. The van der Waals surface area contributed by atoms with Crippen molar-refractivity contribution in [3.8, 4) is 0 Å². The third kappa shape index (κ3) is 2.60. The molecule has 0 amide bonds. The number of rotatable bonds is 2. The monoisotopic (exact) mass is 316 g/mol. The highest BCUT2D eigenvalue weighted by Crippen LogP contribution is 2.37. The van der Waals surface area contributed by atoms with Crippen LogP contribution >= 0.6 is 15.9 Å². The van der Waals surface area contributed by atoms with Crippen LogP contribution in [0.2, 0.25) is 0 Å². The average Bonchev–Trinajstić information content (AvgIpc) is 2.35. The van der Waals surface area contributed by atoms with Crippen molar-refractivity contribution < 1.29 is 20.1 Å². The van der Waals surface area contributed by atoms with Gasteiger partial charge in [0.1, 0.15) is 18.3 Å². The number of alkyl halides is 1. The lowest BCUT2D eigenvalue weighted by molar-refractivity contribution is -0.227.